The zero-order valence-electron chi connectivity index (χ0n) is 16.8. The number of amides is 1. The van der Waals surface area contributed by atoms with Crippen molar-refractivity contribution in [3.05, 3.63) is 53.9 Å². The Morgan fingerprint density at radius 3 is 2.39 bits per heavy atom. The number of aromatic nitrogens is 2. The van der Waals surface area contributed by atoms with E-state index in [2.05, 4.69) is 15.3 Å². The number of hydrogen-bond acceptors (Lipinski definition) is 3. The fourth-order valence-electron chi connectivity index (χ4n) is 4.75. The molecular formula is C23H32N4O. The molecule has 28 heavy (non-hydrogen) atoms. The van der Waals surface area contributed by atoms with E-state index in [4.69, 9.17) is 0 Å². The van der Waals surface area contributed by atoms with E-state index in [0.717, 1.165) is 37.1 Å². The average molecular weight is 381 g/mol. The molecule has 2 aromatic rings. The van der Waals surface area contributed by atoms with Crippen molar-refractivity contribution in [3.63, 3.8) is 0 Å². The molecule has 0 atom stereocenters. The van der Waals surface area contributed by atoms with Gasteiger partial charge in [-0.1, -0.05) is 37.8 Å². The predicted octanol–water partition coefficient (Wildman–Crippen LogP) is 3.85. The molecule has 1 aliphatic heterocycles. The molecule has 0 spiro atoms. The first kappa shape index (κ1) is 19.2. The Balaban J connectivity index is 1.41. The predicted molar refractivity (Wildman–Crippen MR) is 111 cm³/mol. The average Bonchev–Trinajstić information content (AvgIpc) is 3.23. The van der Waals surface area contributed by atoms with Crippen LogP contribution in [0.5, 0.6) is 0 Å². The van der Waals surface area contributed by atoms with Crippen LogP contribution in [0.25, 0.3) is 0 Å². The zero-order valence-corrected chi connectivity index (χ0v) is 16.8. The highest BCUT2D eigenvalue weighted by Gasteiger charge is 2.35. The number of benzene rings is 1. The van der Waals surface area contributed by atoms with Crippen molar-refractivity contribution in [2.45, 2.75) is 63.5 Å². The molecule has 4 rings (SSSR count). The summed E-state index contributed by atoms with van der Waals surface area (Å²) in [6, 6.07) is 9.90. The van der Waals surface area contributed by atoms with Crippen LogP contribution in [0.4, 0.5) is 0 Å². The van der Waals surface area contributed by atoms with Gasteiger partial charge < -0.3 is 10.2 Å². The van der Waals surface area contributed by atoms with E-state index in [-0.39, 0.29) is 11.4 Å². The van der Waals surface area contributed by atoms with Crippen LogP contribution in [0.2, 0.25) is 0 Å². The van der Waals surface area contributed by atoms with Gasteiger partial charge in [-0.05, 0) is 62.5 Å². The Morgan fingerprint density at radius 1 is 1.00 bits per heavy atom. The minimum atomic E-state index is -0.0552. The molecule has 1 aromatic carbocycles. The molecular weight excluding hydrogens is 348 g/mol. The van der Waals surface area contributed by atoms with Gasteiger partial charge in [-0.25, -0.2) is 0 Å². The van der Waals surface area contributed by atoms with Crippen molar-refractivity contribution < 1.29 is 4.79 Å². The standard InChI is InChI=1S/C23H32N4O/c28-22(21-10-8-20(9-11-21)18-27-17-7-14-24-27)25-23(12-3-1-4-13-23)19-26-15-5-2-6-16-26/h7-11,14,17H,1-6,12-13,15-16,18-19H2,(H,25,28). The van der Waals surface area contributed by atoms with Gasteiger partial charge in [0.2, 0.25) is 0 Å². The highest BCUT2D eigenvalue weighted by atomic mass is 16.1. The topological polar surface area (TPSA) is 50.2 Å². The second kappa shape index (κ2) is 8.91. The Bertz CT molecular complexity index is 741. The maximum Gasteiger partial charge on any atom is 0.251 e. The monoisotopic (exact) mass is 380 g/mol. The maximum atomic E-state index is 13.0. The quantitative estimate of drug-likeness (QED) is 0.828. The first-order chi connectivity index (χ1) is 13.7. The molecule has 1 N–H and O–H groups in total. The van der Waals surface area contributed by atoms with Gasteiger partial charge in [0.05, 0.1) is 12.1 Å². The molecule has 1 amide bonds. The largest absolute Gasteiger partial charge is 0.345 e. The summed E-state index contributed by atoms with van der Waals surface area (Å²) in [5.41, 5.74) is 1.86. The number of likely N-dealkylation sites (tertiary alicyclic amines) is 1. The second-order valence-electron chi connectivity index (χ2n) is 8.53. The van der Waals surface area contributed by atoms with Crippen LogP contribution in [0, 0.1) is 0 Å². The molecule has 0 bridgehead atoms. The SMILES string of the molecule is O=C(NC1(CN2CCCCC2)CCCCC1)c1ccc(Cn2cccn2)cc1. The third-order valence-corrected chi connectivity index (χ3v) is 6.28. The lowest BCUT2D eigenvalue weighted by Crippen LogP contribution is -2.57. The van der Waals surface area contributed by atoms with Gasteiger partial charge >= 0.3 is 0 Å². The molecule has 2 aliphatic rings. The molecule has 1 saturated carbocycles. The molecule has 2 fully saturated rings. The van der Waals surface area contributed by atoms with Crippen LogP contribution in [0.3, 0.4) is 0 Å². The number of nitrogens with one attached hydrogen (secondary N) is 1. The molecule has 5 heteroatoms. The minimum absolute atomic E-state index is 0.0552. The van der Waals surface area contributed by atoms with Crippen molar-refractivity contribution in [1.29, 1.82) is 0 Å². The summed E-state index contributed by atoms with van der Waals surface area (Å²) in [5, 5.41) is 7.71. The van der Waals surface area contributed by atoms with E-state index < -0.39 is 0 Å². The van der Waals surface area contributed by atoms with Gasteiger partial charge in [0.25, 0.3) is 5.91 Å². The molecule has 1 aromatic heterocycles. The van der Waals surface area contributed by atoms with E-state index in [1.54, 1.807) is 6.20 Å². The lowest BCUT2D eigenvalue weighted by Gasteiger charge is -2.43. The van der Waals surface area contributed by atoms with E-state index >= 15 is 0 Å². The van der Waals surface area contributed by atoms with Crippen LogP contribution in [-0.2, 0) is 6.54 Å². The second-order valence-corrected chi connectivity index (χ2v) is 8.53. The normalized spacial score (nSPS) is 20.0. The fraction of sp³-hybridized carbons (Fsp3) is 0.565. The number of carbonyl (C=O) groups is 1. The van der Waals surface area contributed by atoms with Crippen LogP contribution in [0.15, 0.2) is 42.7 Å². The van der Waals surface area contributed by atoms with E-state index in [1.165, 1.54) is 51.6 Å². The molecule has 1 saturated heterocycles. The Hall–Kier alpha value is -2.14. The molecule has 5 nitrogen and oxygen atoms in total. The number of nitrogens with zero attached hydrogens (tertiary/aromatic N) is 3. The van der Waals surface area contributed by atoms with Crippen molar-refractivity contribution >= 4 is 5.91 Å². The fourth-order valence-corrected chi connectivity index (χ4v) is 4.75. The molecule has 0 unspecified atom stereocenters. The van der Waals surface area contributed by atoms with Crippen molar-refractivity contribution in [2.75, 3.05) is 19.6 Å². The summed E-state index contributed by atoms with van der Waals surface area (Å²) in [6.45, 7) is 4.10. The zero-order chi connectivity index (χ0) is 19.2. The van der Waals surface area contributed by atoms with Crippen LogP contribution in [-0.4, -0.2) is 45.8 Å². The van der Waals surface area contributed by atoms with E-state index in [9.17, 15) is 4.79 Å². The van der Waals surface area contributed by atoms with Crippen molar-refractivity contribution in [1.82, 2.24) is 20.0 Å². The van der Waals surface area contributed by atoms with Gasteiger partial charge in [0.1, 0.15) is 0 Å². The summed E-state index contributed by atoms with van der Waals surface area (Å²) in [5.74, 6) is 0.0737. The first-order valence-electron chi connectivity index (χ1n) is 10.8. The summed E-state index contributed by atoms with van der Waals surface area (Å²) >= 11 is 0. The summed E-state index contributed by atoms with van der Waals surface area (Å²) < 4.78 is 1.89. The summed E-state index contributed by atoms with van der Waals surface area (Å²) in [7, 11) is 0. The van der Waals surface area contributed by atoms with Gasteiger partial charge in [0, 0.05) is 24.5 Å². The van der Waals surface area contributed by atoms with Gasteiger partial charge in [-0.3, -0.25) is 9.48 Å². The smallest absolute Gasteiger partial charge is 0.251 e. The highest BCUT2D eigenvalue weighted by Crippen LogP contribution is 2.30. The van der Waals surface area contributed by atoms with Crippen molar-refractivity contribution in [3.8, 4) is 0 Å². The molecule has 150 valence electrons. The number of hydrogen-bond donors (Lipinski definition) is 1. The number of rotatable bonds is 6. The Morgan fingerprint density at radius 2 is 1.71 bits per heavy atom. The van der Waals surface area contributed by atoms with Crippen LogP contribution < -0.4 is 5.32 Å². The Kier molecular flexibility index (Phi) is 6.10. The lowest BCUT2D eigenvalue weighted by molar-refractivity contribution is 0.0783. The summed E-state index contributed by atoms with van der Waals surface area (Å²) in [6.07, 6.45) is 13.6. The maximum absolute atomic E-state index is 13.0. The third kappa shape index (κ3) is 4.82. The van der Waals surface area contributed by atoms with Crippen LogP contribution >= 0.6 is 0 Å². The number of carbonyl (C=O) groups excluding carboxylic acids is 1. The Labute approximate surface area is 168 Å². The molecule has 2 heterocycles. The number of piperidine rings is 1. The van der Waals surface area contributed by atoms with Gasteiger partial charge in [0.15, 0.2) is 0 Å². The van der Waals surface area contributed by atoms with Gasteiger partial charge in [-0.15, -0.1) is 0 Å². The van der Waals surface area contributed by atoms with E-state index in [1.807, 2.05) is 41.2 Å². The van der Waals surface area contributed by atoms with E-state index in [0.29, 0.717) is 0 Å². The third-order valence-electron chi connectivity index (χ3n) is 6.28. The van der Waals surface area contributed by atoms with Crippen LogP contribution in [0.1, 0.15) is 67.3 Å². The first-order valence-corrected chi connectivity index (χ1v) is 10.8. The van der Waals surface area contributed by atoms with Crippen molar-refractivity contribution in [2.24, 2.45) is 0 Å². The highest BCUT2D eigenvalue weighted by molar-refractivity contribution is 5.94. The molecule has 0 radical (unpaired) electrons. The summed E-state index contributed by atoms with van der Waals surface area (Å²) in [4.78, 5) is 15.6. The minimum Gasteiger partial charge on any atom is -0.345 e. The van der Waals surface area contributed by atoms with Gasteiger partial charge in [-0.2, -0.15) is 5.10 Å². The molecule has 1 aliphatic carbocycles. The lowest BCUT2D eigenvalue weighted by atomic mass is 9.80.